The number of hydrogen-bond donors (Lipinski definition) is 0. The van der Waals surface area contributed by atoms with Gasteiger partial charge in [0.15, 0.2) is 5.89 Å². The van der Waals surface area contributed by atoms with E-state index in [2.05, 4.69) is 4.98 Å². The quantitative estimate of drug-likeness (QED) is 0.353. The summed E-state index contributed by atoms with van der Waals surface area (Å²) >= 11 is 1.39. The van der Waals surface area contributed by atoms with Gasteiger partial charge in [0.2, 0.25) is 0 Å². The van der Waals surface area contributed by atoms with Crippen LogP contribution in [-0.4, -0.2) is 43.8 Å². The van der Waals surface area contributed by atoms with Crippen molar-refractivity contribution in [2.24, 2.45) is 0 Å². The number of aryl methyl sites for hydroxylation is 1. The van der Waals surface area contributed by atoms with Gasteiger partial charge in [0.1, 0.15) is 16.6 Å². The summed E-state index contributed by atoms with van der Waals surface area (Å²) in [5.74, 6) is 0.599. The molecule has 0 saturated carbocycles. The molecule has 0 spiro atoms. The van der Waals surface area contributed by atoms with E-state index >= 15 is 0 Å². The molecule has 0 radical (unpaired) electrons. The number of aromatic nitrogens is 3. The summed E-state index contributed by atoms with van der Waals surface area (Å²) in [7, 11) is 0. The highest BCUT2D eigenvalue weighted by molar-refractivity contribution is 7.22. The molecular formula is C28H32N4O5S. The van der Waals surface area contributed by atoms with Gasteiger partial charge in [0.05, 0.1) is 17.8 Å². The van der Waals surface area contributed by atoms with Crippen LogP contribution >= 0.6 is 11.3 Å². The fourth-order valence-electron chi connectivity index (χ4n) is 4.76. The average Bonchev–Trinajstić information content (AvgIpc) is 3.54. The third-order valence-corrected chi connectivity index (χ3v) is 7.78. The van der Waals surface area contributed by atoms with Gasteiger partial charge in [0, 0.05) is 30.4 Å². The molecule has 9 nitrogen and oxygen atoms in total. The lowest BCUT2D eigenvalue weighted by Gasteiger charge is -2.34. The van der Waals surface area contributed by atoms with E-state index in [1.807, 2.05) is 64.1 Å². The van der Waals surface area contributed by atoms with Crippen LogP contribution in [0.4, 0.5) is 4.79 Å². The summed E-state index contributed by atoms with van der Waals surface area (Å²) in [6.07, 6.45) is 2.81. The molecule has 4 heterocycles. The second kappa shape index (κ2) is 10.2. The van der Waals surface area contributed by atoms with Gasteiger partial charge in [-0.1, -0.05) is 37.3 Å². The minimum atomic E-state index is -0.585. The number of rotatable bonds is 5. The van der Waals surface area contributed by atoms with Crippen molar-refractivity contribution in [3.05, 3.63) is 75.1 Å². The maximum absolute atomic E-state index is 13.9. The first-order chi connectivity index (χ1) is 18.1. The van der Waals surface area contributed by atoms with Crippen LogP contribution in [-0.2, 0) is 17.7 Å². The Labute approximate surface area is 224 Å². The number of amides is 1. The van der Waals surface area contributed by atoms with E-state index in [9.17, 15) is 14.4 Å². The Morgan fingerprint density at radius 1 is 1.16 bits per heavy atom. The van der Waals surface area contributed by atoms with Gasteiger partial charge in [-0.15, -0.1) is 11.3 Å². The number of nitrogens with zero attached hydrogens (tertiary/aromatic N) is 4. The number of fused-ring (bicyclic) bond motifs is 1. The molecule has 0 unspecified atom stereocenters. The summed E-state index contributed by atoms with van der Waals surface area (Å²) in [5, 5.41) is 0. The van der Waals surface area contributed by atoms with Gasteiger partial charge in [0.25, 0.3) is 5.56 Å². The van der Waals surface area contributed by atoms with Crippen LogP contribution < -0.4 is 11.2 Å². The summed E-state index contributed by atoms with van der Waals surface area (Å²) in [4.78, 5) is 47.3. The van der Waals surface area contributed by atoms with Crippen molar-refractivity contribution in [3.63, 3.8) is 0 Å². The van der Waals surface area contributed by atoms with Crippen molar-refractivity contribution in [1.82, 2.24) is 19.0 Å². The highest BCUT2D eigenvalue weighted by atomic mass is 32.1. The highest BCUT2D eigenvalue weighted by Gasteiger charge is 2.30. The molecule has 1 amide bonds. The predicted octanol–water partition coefficient (Wildman–Crippen LogP) is 5.06. The van der Waals surface area contributed by atoms with Crippen LogP contribution in [0.5, 0.6) is 0 Å². The lowest BCUT2D eigenvalue weighted by Crippen LogP contribution is -2.47. The number of carbonyl (C=O) groups excluding carboxylic acids is 1. The van der Waals surface area contributed by atoms with Crippen LogP contribution in [0.15, 0.2) is 56.7 Å². The molecule has 1 aliphatic rings. The zero-order valence-corrected chi connectivity index (χ0v) is 22.9. The molecule has 0 bridgehead atoms. The summed E-state index contributed by atoms with van der Waals surface area (Å²) in [5.41, 5.74) is 0.946. The number of carbonyl (C=O) groups is 1. The van der Waals surface area contributed by atoms with Crippen molar-refractivity contribution in [2.75, 3.05) is 13.1 Å². The molecule has 3 aromatic heterocycles. The van der Waals surface area contributed by atoms with Crippen molar-refractivity contribution in [1.29, 1.82) is 0 Å². The minimum absolute atomic E-state index is 0.195. The number of benzene rings is 1. The summed E-state index contributed by atoms with van der Waals surface area (Å²) in [6.45, 7) is 8.46. The van der Waals surface area contributed by atoms with Crippen LogP contribution in [0.25, 0.3) is 20.7 Å². The molecule has 38 heavy (non-hydrogen) atoms. The van der Waals surface area contributed by atoms with E-state index in [1.54, 1.807) is 15.7 Å². The number of oxazole rings is 1. The van der Waals surface area contributed by atoms with Gasteiger partial charge in [-0.05, 0) is 45.2 Å². The monoisotopic (exact) mass is 536 g/mol. The standard InChI is InChI=1S/C28H32N4O5S/c1-5-23-29-19(17-36-23)16-31-21-15-22(18-9-7-6-8-10-18)38-24(21)25(33)32(26(31)34)20-11-13-30(14-12-20)27(35)37-28(2,3)4/h6-10,15,17,20H,5,11-14,16H2,1-4H3. The molecule has 200 valence electrons. The maximum atomic E-state index is 13.9. The molecule has 0 atom stereocenters. The van der Waals surface area contributed by atoms with Crippen LogP contribution in [0.3, 0.4) is 0 Å². The highest BCUT2D eigenvalue weighted by Crippen LogP contribution is 2.32. The maximum Gasteiger partial charge on any atom is 0.410 e. The summed E-state index contributed by atoms with van der Waals surface area (Å²) < 4.78 is 14.5. The SMILES string of the molecule is CCc1nc(Cn2c(=O)n(C3CCN(C(=O)OC(C)(C)C)CC3)c(=O)c3sc(-c4ccccc4)cc32)co1. The number of hydrogen-bond acceptors (Lipinski definition) is 7. The van der Waals surface area contributed by atoms with Crippen molar-refractivity contribution in [3.8, 4) is 10.4 Å². The first-order valence-corrected chi connectivity index (χ1v) is 13.7. The second-order valence-electron chi connectivity index (χ2n) is 10.5. The Hall–Kier alpha value is -3.66. The Kier molecular flexibility index (Phi) is 7.00. The Morgan fingerprint density at radius 2 is 1.87 bits per heavy atom. The van der Waals surface area contributed by atoms with E-state index in [4.69, 9.17) is 9.15 Å². The first-order valence-electron chi connectivity index (χ1n) is 12.9. The second-order valence-corrected chi connectivity index (χ2v) is 11.6. The van der Waals surface area contributed by atoms with Crippen LogP contribution in [0.2, 0.25) is 0 Å². The molecule has 1 aliphatic heterocycles. The van der Waals surface area contributed by atoms with Gasteiger partial charge >= 0.3 is 11.8 Å². The Bertz CT molecular complexity index is 1570. The van der Waals surface area contributed by atoms with E-state index in [0.29, 0.717) is 54.2 Å². The lowest BCUT2D eigenvalue weighted by molar-refractivity contribution is 0.0186. The fraction of sp³-hybridized carbons (Fsp3) is 0.429. The molecule has 0 aliphatic carbocycles. The van der Waals surface area contributed by atoms with Crippen LogP contribution in [0.1, 0.15) is 58.2 Å². The van der Waals surface area contributed by atoms with Crippen molar-refractivity contribution in [2.45, 2.75) is 65.1 Å². The zero-order chi connectivity index (χ0) is 27.0. The first kappa shape index (κ1) is 26.0. The van der Waals surface area contributed by atoms with Gasteiger partial charge < -0.3 is 14.1 Å². The van der Waals surface area contributed by atoms with E-state index in [-0.39, 0.29) is 29.9 Å². The zero-order valence-electron chi connectivity index (χ0n) is 22.1. The molecule has 5 rings (SSSR count). The minimum Gasteiger partial charge on any atom is -0.449 e. The third-order valence-electron chi connectivity index (χ3n) is 6.61. The summed E-state index contributed by atoms with van der Waals surface area (Å²) in [6, 6.07) is 11.4. The molecule has 1 fully saturated rings. The normalized spacial score (nSPS) is 14.8. The van der Waals surface area contributed by atoms with Crippen LogP contribution in [0, 0.1) is 0 Å². The molecule has 4 aromatic rings. The molecule has 1 aromatic carbocycles. The molecule has 0 N–H and O–H groups in total. The average molecular weight is 537 g/mol. The Morgan fingerprint density at radius 3 is 2.50 bits per heavy atom. The van der Waals surface area contributed by atoms with E-state index in [0.717, 1.165) is 10.4 Å². The van der Waals surface area contributed by atoms with E-state index in [1.165, 1.54) is 15.9 Å². The smallest absolute Gasteiger partial charge is 0.410 e. The number of thiophene rings is 1. The molecular weight excluding hydrogens is 504 g/mol. The Balaban J connectivity index is 1.54. The topological polar surface area (TPSA) is 99.6 Å². The largest absolute Gasteiger partial charge is 0.449 e. The van der Waals surface area contributed by atoms with Crippen molar-refractivity contribution >= 4 is 27.6 Å². The number of ether oxygens (including phenoxy) is 1. The number of likely N-dealkylation sites (tertiary alicyclic amines) is 1. The predicted molar refractivity (Wildman–Crippen MR) is 147 cm³/mol. The number of piperidine rings is 1. The third kappa shape index (κ3) is 5.18. The lowest BCUT2D eigenvalue weighted by atomic mass is 10.1. The van der Waals surface area contributed by atoms with Gasteiger partial charge in [-0.2, -0.15) is 0 Å². The molecule has 10 heteroatoms. The van der Waals surface area contributed by atoms with Gasteiger partial charge in [-0.25, -0.2) is 14.6 Å². The van der Waals surface area contributed by atoms with Gasteiger partial charge in [-0.3, -0.25) is 13.9 Å². The fourth-order valence-corrected chi connectivity index (χ4v) is 5.87. The molecule has 1 saturated heterocycles. The van der Waals surface area contributed by atoms with E-state index < -0.39 is 5.60 Å². The van der Waals surface area contributed by atoms with Crippen molar-refractivity contribution < 1.29 is 13.9 Å².